The van der Waals surface area contributed by atoms with Gasteiger partial charge in [-0.1, -0.05) is 0 Å². The molecule has 0 aromatic heterocycles. The Morgan fingerprint density at radius 3 is 3.12 bits per heavy atom. The van der Waals surface area contributed by atoms with Gasteiger partial charge in [0.15, 0.2) is 5.96 Å². The first-order valence-electron chi connectivity index (χ1n) is 6.56. The summed E-state index contributed by atoms with van der Waals surface area (Å²) < 4.78 is 0. The van der Waals surface area contributed by atoms with E-state index in [0.717, 1.165) is 25.9 Å². The van der Waals surface area contributed by atoms with E-state index in [4.69, 9.17) is 5.73 Å². The topological polar surface area (TPSA) is 61.9 Å². The monoisotopic (exact) mass is 236 g/mol. The number of nitrogens with zero attached hydrogens (tertiary/aromatic N) is 3. The van der Waals surface area contributed by atoms with Gasteiger partial charge in [0, 0.05) is 13.1 Å². The Kier molecular flexibility index (Phi) is 2.31. The number of nitrogens with two attached hydrogens (primary N) is 1. The van der Waals surface area contributed by atoms with E-state index in [9.17, 15) is 4.79 Å². The number of piperidine rings is 1. The standard InChI is InChI=1S/C12H20N4O/c1-2-16-11(13)14-8-12(16)7-10(17)15-6-4-3-5-9(12)15/h9H,2-8H2,1H3,(H2,13,14). The molecule has 3 heterocycles. The molecule has 5 nitrogen and oxygen atoms in total. The van der Waals surface area contributed by atoms with Gasteiger partial charge in [-0.3, -0.25) is 9.79 Å². The van der Waals surface area contributed by atoms with Crippen molar-refractivity contribution in [1.29, 1.82) is 0 Å². The number of guanidine groups is 1. The van der Waals surface area contributed by atoms with Crippen LogP contribution in [-0.4, -0.2) is 52.9 Å². The van der Waals surface area contributed by atoms with Gasteiger partial charge >= 0.3 is 0 Å². The zero-order valence-electron chi connectivity index (χ0n) is 10.4. The molecule has 0 bridgehead atoms. The van der Waals surface area contributed by atoms with Crippen molar-refractivity contribution in [1.82, 2.24) is 9.80 Å². The number of carbonyl (C=O) groups excluding carboxylic acids is 1. The fraction of sp³-hybridized carbons (Fsp3) is 0.833. The van der Waals surface area contributed by atoms with E-state index in [2.05, 4.69) is 21.7 Å². The summed E-state index contributed by atoms with van der Waals surface area (Å²) in [6, 6.07) is 0.327. The first-order chi connectivity index (χ1) is 8.19. The quantitative estimate of drug-likeness (QED) is 0.705. The predicted molar refractivity (Wildman–Crippen MR) is 65.6 cm³/mol. The fourth-order valence-corrected chi connectivity index (χ4v) is 3.80. The van der Waals surface area contributed by atoms with Crippen LogP contribution < -0.4 is 5.73 Å². The highest BCUT2D eigenvalue weighted by Crippen LogP contribution is 2.42. The number of hydrogen-bond donors (Lipinski definition) is 1. The van der Waals surface area contributed by atoms with Crippen LogP contribution in [0.5, 0.6) is 0 Å². The molecule has 1 spiro atoms. The zero-order valence-corrected chi connectivity index (χ0v) is 10.4. The molecule has 5 heteroatoms. The van der Waals surface area contributed by atoms with Crippen molar-refractivity contribution in [2.75, 3.05) is 19.6 Å². The molecule has 0 saturated carbocycles. The van der Waals surface area contributed by atoms with E-state index in [1.807, 2.05) is 0 Å². The van der Waals surface area contributed by atoms with Crippen LogP contribution in [0.4, 0.5) is 0 Å². The lowest BCUT2D eigenvalue weighted by molar-refractivity contribution is -0.129. The average Bonchev–Trinajstić information content (AvgIpc) is 2.80. The fourth-order valence-electron chi connectivity index (χ4n) is 3.80. The maximum atomic E-state index is 12.1. The van der Waals surface area contributed by atoms with Crippen LogP contribution in [-0.2, 0) is 4.79 Å². The number of carbonyl (C=O) groups is 1. The van der Waals surface area contributed by atoms with Crippen molar-refractivity contribution in [2.24, 2.45) is 10.7 Å². The van der Waals surface area contributed by atoms with Crippen LogP contribution >= 0.6 is 0 Å². The van der Waals surface area contributed by atoms with Gasteiger partial charge in [0.05, 0.1) is 24.5 Å². The Hall–Kier alpha value is -1.26. The van der Waals surface area contributed by atoms with Crippen molar-refractivity contribution in [2.45, 2.75) is 44.2 Å². The van der Waals surface area contributed by atoms with Gasteiger partial charge in [0.2, 0.25) is 5.91 Å². The molecule has 3 rings (SSSR count). The summed E-state index contributed by atoms with van der Waals surface area (Å²) in [5, 5.41) is 0. The minimum Gasteiger partial charge on any atom is -0.370 e. The Bertz CT molecular complexity index is 381. The maximum absolute atomic E-state index is 12.1. The first kappa shape index (κ1) is 10.9. The minimum atomic E-state index is -0.129. The summed E-state index contributed by atoms with van der Waals surface area (Å²) in [4.78, 5) is 20.8. The summed E-state index contributed by atoms with van der Waals surface area (Å²) in [5.74, 6) is 0.908. The normalized spacial score (nSPS) is 36.6. The van der Waals surface area contributed by atoms with E-state index in [0.29, 0.717) is 25.0 Å². The summed E-state index contributed by atoms with van der Waals surface area (Å²) >= 11 is 0. The molecule has 2 saturated heterocycles. The third kappa shape index (κ3) is 1.31. The summed E-state index contributed by atoms with van der Waals surface area (Å²) in [7, 11) is 0. The molecule has 94 valence electrons. The molecule has 0 aromatic rings. The van der Waals surface area contributed by atoms with Gasteiger partial charge in [-0.25, -0.2) is 0 Å². The zero-order chi connectivity index (χ0) is 12.0. The third-order valence-corrected chi connectivity index (χ3v) is 4.55. The van der Waals surface area contributed by atoms with Crippen LogP contribution in [0.2, 0.25) is 0 Å². The minimum absolute atomic E-state index is 0.129. The molecule has 0 aliphatic carbocycles. The highest BCUT2D eigenvalue weighted by molar-refractivity contribution is 5.87. The molecule has 0 radical (unpaired) electrons. The van der Waals surface area contributed by atoms with Crippen LogP contribution in [0.3, 0.4) is 0 Å². The lowest BCUT2D eigenvalue weighted by Crippen LogP contribution is -2.59. The van der Waals surface area contributed by atoms with Gasteiger partial charge in [0.1, 0.15) is 0 Å². The first-order valence-corrected chi connectivity index (χ1v) is 6.56. The number of amides is 1. The van der Waals surface area contributed by atoms with E-state index in [-0.39, 0.29) is 11.4 Å². The van der Waals surface area contributed by atoms with Crippen molar-refractivity contribution in [3.05, 3.63) is 0 Å². The number of rotatable bonds is 1. The molecule has 3 aliphatic heterocycles. The second-order valence-electron chi connectivity index (χ2n) is 5.30. The van der Waals surface area contributed by atoms with Gasteiger partial charge in [-0.15, -0.1) is 0 Å². The van der Waals surface area contributed by atoms with E-state index in [1.54, 1.807) is 0 Å². The molecule has 1 amide bonds. The van der Waals surface area contributed by atoms with Gasteiger partial charge < -0.3 is 15.5 Å². The van der Waals surface area contributed by atoms with Crippen LogP contribution in [0.15, 0.2) is 4.99 Å². The number of fused-ring (bicyclic) bond motifs is 2. The second kappa shape index (κ2) is 3.62. The van der Waals surface area contributed by atoms with Gasteiger partial charge in [0.25, 0.3) is 0 Å². The van der Waals surface area contributed by atoms with Crippen molar-refractivity contribution in [3.8, 4) is 0 Å². The van der Waals surface area contributed by atoms with Gasteiger partial charge in [-0.2, -0.15) is 0 Å². The Morgan fingerprint density at radius 1 is 1.53 bits per heavy atom. The summed E-state index contributed by atoms with van der Waals surface area (Å²) in [5.41, 5.74) is 5.83. The smallest absolute Gasteiger partial charge is 0.225 e. The Balaban J connectivity index is 1.95. The van der Waals surface area contributed by atoms with Crippen LogP contribution in [0.25, 0.3) is 0 Å². The Labute approximate surface area is 102 Å². The third-order valence-electron chi connectivity index (χ3n) is 4.55. The molecule has 3 aliphatic rings. The lowest BCUT2D eigenvalue weighted by atomic mass is 9.84. The molecular weight excluding hydrogens is 216 g/mol. The van der Waals surface area contributed by atoms with E-state index < -0.39 is 0 Å². The number of likely N-dealkylation sites (N-methyl/N-ethyl adjacent to an activating group) is 1. The maximum Gasteiger partial charge on any atom is 0.225 e. The van der Waals surface area contributed by atoms with Crippen molar-refractivity contribution in [3.63, 3.8) is 0 Å². The van der Waals surface area contributed by atoms with E-state index >= 15 is 0 Å². The number of hydrogen-bond acceptors (Lipinski definition) is 4. The Morgan fingerprint density at radius 2 is 2.35 bits per heavy atom. The SMILES string of the molecule is CCN1C(N)=NCC12CC(=O)N1CCCCC12. The molecule has 2 N–H and O–H groups in total. The average molecular weight is 236 g/mol. The molecular formula is C12H20N4O. The summed E-state index contributed by atoms with van der Waals surface area (Å²) in [6.07, 6.45) is 4.05. The second-order valence-corrected chi connectivity index (χ2v) is 5.30. The molecule has 2 atom stereocenters. The van der Waals surface area contributed by atoms with Crippen molar-refractivity contribution < 1.29 is 4.79 Å². The largest absolute Gasteiger partial charge is 0.370 e. The predicted octanol–water partition coefficient (Wildman–Crippen LogP) is 0.160. The van der Waals surface area contributed by atoms with Crippen LogP contribution in [0, 0.1) is 0 Å². The molecule has 17 heavy (non-hydrogen) atoms. The highest BCUT2D eigenvalue weighted by Gasteiger charge is 2.57. The molecule has 2 unspecified atom stereocenters. The van der Waals surface area contributed by atoms with Crippen molar-refractivity contribution >= 4 is 11.9 Å². The summed E-state index contributed by atoms with van der Waals surface area (Å²) in [6.45, 7) is 4.54. The molecule has 2 fully saturated rings. The van der Waals surface area contributed by atoms with Gasteiger partial charge in [-0.05, 0) is 26.2 Å². The van der Waals surface area contributed by atoms with Crippen LogP contribution in [0.1, 0.15) is 32.6 Å². The highest BCUT2D eigenvalue weighted by atomic mass is 16.2. The number of aliphatic imine (C=N–C) groups is 1. The van der Waals surface area contributed by atoms with E-state index in [1.165, 1.54) is 6.42 Å². The molecule has 0 aromatic carbocycles. The lowest BCUT2D eigenvalue weighted by Gasteiger charge is -2.43.